The molecule has 1 fully saturated rings. The molecule has 0 aliphatic carbocycles. The van der Waals surface area contributed by atoms with Crippen molar-refractivity contribution >= 4 is 51.6 Å². The lowest BCUT2D eigenvalue weighted by Crippen LogP contribution is -2.46. The van der Waals surface area contributed by atoms with E-state index >= 15 is 0 Å². The van der Waals surface area contributed by atoms with E-state index in [0.717, 1.165) is 5.69 Å². The molecule has 1 aromatic heterocycles. The molecule has 9 heteroatoms. The van der Waals surface area contributed by atoms with Crippen LogP contribution in [0.15, 0.2) is 45.6 Å². The van der Waals surface area contributed by atoms with Gasteiger partial charge in [-0.05, 0) is 43.2 Å². The van der Waals surface area contributed by atoms with Gasteiger partial charge in [-0.1, -0.05) is 23.2 Å². The number of amides is 1. The smallest absolute Gasteiger partial charge is 0.408 e. The highest BCUT2D eigenvalue weighted by atomic mass is 35.5. The van der Waals surface area contributed by atoms with Crippen molar-refractivity contribution < 1.29 is 14.3 Å². The van der Waals surface area contributed by atoms with Gasteiger partial charge in [0.05, 0.1) is 27.6 Å². The molecule has 3 aromatic rings. The van der Waals surface area contributed by atoms with Crippen molar-refractivity contribution in [2.75, 3.05) is 23.3 Å². The summed E-state index contributed by atoms with van der Waals surface area (Å²) in [7, 11) is 0. The number of oxazole rings is 1. The molecular formula is C20H19Cl2N3O4. The van der Waals surface area contributed by atoms with Crippen LogP contribution in [0.3, 0.4) is 0 Å². The molecule has 0 bridgehead atoms. The lowest BCUT2D eigenvalue weighted by atomic mass is 9.87. The van der Waals surface area contributed by atoms with Crippen molar-refractivity contribution in [3.8, 4) is 0 Å². The Labute approximate surface area is 176 Å². The number of nitrogens with zero attached hydrogens (tertiary/aromatic N) is 1. The van der Waals surface area contributed by atoms with E-state index in [-0.39, 0.29) is 12.3 Å². The van der Waals surface area contributed by atoms with Crippen molar-refractivity contribution in [3.05, 3.63) is 57.0 Å². The quantitative estimate of drug-likeness (QED) is 0.578. The molecule has 0 saturated carbocycles. The molecule has 152 valence electrons. The molecule has 1 aliphatic heterocycles. The van der Waals surface area contributed by atoms with Crippen LogP contribution < -0.4 is 16.0 Å². The number of aromatic nitrogens is 1. The summed E-state index contributed by atoms with van der Waals surface area (Å²) in [6.45, 7) is 1.20. The largest absolute Gasteiger partial charge is 0.417 e. The van der Waals surface area contributed by atoms with Crippen molar-refractivity contribution in [1.82, 2.24) is 4.98 Å². The average Bonchev–Trinajstić information content (AvgIpc) is 3.03. The van der Waals surface area contributed by atoms with E-state index in [2.05, 4.69) is 15.2 Å². The minimum absolute atomic E-state index is 0.0165. The minimum atomic E-state index is -1.08. The van der Waals surface area contributed by atoms with E-state index in [1.54, 1.807) is 30.3 Å². The molecule has 0 unspecified atom stereocenters. The first-order valence-corrected chi connectivity index (χ1v) is 9.92. The number of benzene rings is 2. The fraction of sp³-hybridized carbons (Fsp3) is 0.300. The first-order chi connectivity index (χ1) is 13.8. The van der Waals surface area contributed by atoms with Gasteiger partial charge in [-0.3, -0.25) is 9.78 Å². The number of rotatable bonds is 4. The number of hydrogen-bond donors (Lipinski definition) is 3. The Morgan fingerprint density at radius 3 is 2.66 bits per heavy atom. The zero-order valence-corrected chi connectivity index (χ0v) is 16.9. The lowest BCUT2D eigenvalue weighted by Gasteiger charge is -2.39. The third-order valence-corrected chi connectivity index (χ3v) is 5.90. The topological polar surface area (TPSA) is 98.6 Å². The van der Waals surface area contributed by atoms with E-state index in [1.807, 2.05) is 6.07 Å². The summed E-state index contributed by atoms with van der Waals surface area (Å²) in [5, 5.41) is 14.6. The standard InChI is InChI=1S/C20H19Cl2N3O4/c21-14-3-2-13(10-15(14)22)25-7-5-20(28,6-8-25)11-18(26)23-12-1-4-16-17(9-12)29-19(27)24-16/h1-4,9-10,28H,5-8,11H2,(H,23,26)(H,24,27). The number of halogens is 2. The van der Waals surface area contributed by atoms with Crippen LogP contribution in [0.25, 0.3) is 11.1 Å². The lowest BCUT2D eigenvalue weighted by molar-refractivity contribution is -0.121. The molecule has 0 spiro atoms. The van der Waals surface area contributed by atoms with Gasteiger partial charge in [-0.25, -0.2) is 4.79 Å². The predicted octanol–water partition coefficient (Wildman–Crippen LogP) is 3.79. The van der Waals surface area contributed by atoms with Gasteiger partial charge < -0.3 is 19.7 Å². The van der Waals surface area contributed by atoms with Crippen molar-refractivity contribution in [3.63, 3.8) is 0 Å². The van der Waals surface area contributed by atoms with Gasteiger partial charge in [0.15, 0.2) is 5.58 Å². The second kappa shape index (κ2) is 7.74. The maximum atomic E-state index is 12.4. The van der Waals surface area contributed by atoms with Crippen LogP contribution in [-0.4, -0.2) is 34.7 Å². The van der Waals surface area contributed by atoms with Crippen molar-refractivity contribution in [2.45, 2.75) is 24.9 Å². The SMILES string of the molecule is O=C(CC1(O)CCN(c2ccc(Cl)c(Cl)c2)CC1)Nc1ccc2[nH]c(=O)oc2c1. The number of H-pyrrole nitrogens is 1. The Bertz CT molecular complexity index is 1120. The Morgan fingerprint density at radius 1 is 1.17 bits per heavy atom. The minimum Gasteiger partial charge on any atom is -0.408 e. The van der Waals surface area contributed by atoms with Crippen LogP contribution in [0.4, 0.5) is 11.4 Å². The summed E-state index contributed by atoms with van der Waals surface area (Å²) < 4.78 is 4.99. The summed E-state index contributed by atoms with van der Waals surface area (Å²) in [6.07, 6.45) is 0.885. The van der Waals surface area contributed by atoms with E-state index in [0.29, 0.717) is 52.8 Å². The van der Waals surface area contributed by atoms with Crippen LogP contribution in [-0.2, 0) is 4.79 Å². The molecule has 1 amide bonds. The van der Waals surface area contributed by atoms with Crippen molar-refractivity contribution in [1.29, 1.82) is 0 Å². The molecule has 1 aliphatic rings. The van der Waals surface area contributed by atoms with E-state index in [4.69, 9.17) is 27.6 Å². The molecule has 2 heterocycles. The number of hydrogen-bond acceptors (Lipinski definition) is 5. The number of carbonyl (C=O) groups is 1. The third kappa shape index (κ3) is 4.42. The van der Waals surface area contributed by atoms with Gasteiger partial charge in [-0.15, -0.1) is 0 Å². The zero-order chi connectivity index (χ0) is 20.6. The molecule has 0 atom stereocenters. The maximum Gasteiger partial charge on any atom is 0.417 e. The molecule has 0 radical (unpaired) electrons. The second-order valence-electron chi connectivity index (χ2n) is 7.26. The highest BCUT2D eigenvalue weighted by Crippen LogP contribution is 2.32. The summed E-state index contributed by atoms with van der Waals surface area (Å²) in [4.78, 5) is 28.3. The molecule has 7 nitrogen and oxygen atoms in total. The van der Waals surface area contributed by atoms with Crippen LogP contribution >= 0.6 is 23.2 Å². The average molecular weight is 436 g/mol. The molecule has 1 saturated heterocycles. The zero-order valence-electron chi connectivity index (χ0n) is 15.4. The highest BCUT2D eigenvalue weighted by Gasteiger charge is 2.34. The van der Waals surface area contributed by atoms with E-state index in [9.17, 15) is 14.7 Å². The van der Waals surface area contributed by atoms with Crippen LogP contribution in [0.1, 0.15) is 19.3 Å². The monoisotopic (exact) mass is 435 g/mol. The maximum absolute atomic E-state index is 12.4. The van der Waals surface area contributed by atoms with Gasteiger partial charge in [0.25, 0.3) is 0 Å². The Kier molecular flexibility index (Phi) is 5.29. The van der Waals surface area contributed by atoms with Crippen LogP contribution in [0.5, 0.6) is 0 Å². The van der Waals surface area contributed by atoms with Gasteiger partial charge in [-0.2, -0.15) is 0 Å². The number of nitrogens with one attached hydrogen (secondary N) is 2. The summed E-state index contributed by atoms with van der Waals surface area (Å²) in [5.74, 6) is -0.848. The second-order valence-corrected chi connectivity index (χ2v) is 8.07. The van der Waals surface area contributed by atoms with Gasteiger partial charge in [0.1, 0.15) is 0 Å². The molecule has 2 aromatic carbocycles. The van der Waals surface area contributed by atoms with E-state index < -0.39 is 11.4 Å². The number of carbonyl (C=O) groups excluding carboxylic acids is 1. The van der Waals surface area contributed by atoms with Gasteiger partial charge in [0.2, 0.25) is 5.91 Å². The number of aromatic amines is 1. The summed E-state index contributed by atoms with van der Waals surface area (Å²) in [5.41, 5.74) is 1.28. The first-order valence-electron chi connectivity index (χ1n) is 9.16. The normalized spacial score (nSPS) is 16.2. The predicted molar refractivity (Wildman–Crippen MR) is 113 cm³/mol. The fourth-order valence-electron chi connectivity index (χ4n) is 3.57. The van der Waals surface area contributed by atoms with E-state index in [1.165, 1.54) is 0 Å². The Morgan fingerprint density at radius 2 is 1.93 bits per heavy atom. The third-order valence-electron chi connectivity index (χ3n) is 5.16. The van der Waals surface area contributed by atoms with Crippen LogP contribution in [0.2, 0.25) is 10.0 Å². The number of fused-ring (bicyclic) bond motifs is 1. The van der Waals surface area contributed by atoms with Crippen LogP contribution in [0, 0.1) is 0 Å². The summed E-state index contributed by atoms with van der Waals surface area (Å²) in [6, 6.07) is 10.3. The number of aliphatic hydroxyl groups is 1. The fourth-order valence-corrected chi connectivity index (χ4v) is 3.86. The number of piperidine rings is 1. The highest BCUT2D eigenvalue weighted by molar-refractivity contribution is 6.42. The first kappa shape index (κ1) is 19.8. The van der Waals surface area contributed by atoms with Gasteiger partial charge >= 0.3 is 5.76 Å². The molecule has 29 heavy (non-hydrogen) atoms. The Hall–Kier alpha value is -2.48. The molecular weight excluding hydrogens is 417 g/mol. The summed E-state index contributed by atoms with van der Waals surface area (Å²) >= 11 is 12.0. The molecule has 4 rings (SSSR count). The molecule has 3 N–H and O–H groups in total. The van der Waals surface area contributed by atoms with Crippen molar-refractivity contribution in [2.24, 2.45) is 0 Å². The number of anilines is 2. The van der Waals surface area contributed by atoms with Gasteiger partial charge in [0, 0.05) is 30.5 Å². The Balaban J connectivity index is 1.36.